The van der Waals surface area contributed by atoms with E-state index in [9.17, 15) is 9.59 Å². The number of thiocarbonyl (C=S) groups is 1. The maximum atomic E-state index is 12.5. The fraction of sp³-hybridized carbons (Fsp3) is 0.435. The Morgan fingerprint density at radius 2 is 1.94 bits per heavy atom. The summed E-state index contributed by atoms with van der Waals surface area (Å²) >= 11 is 6.82. The molecule has 0 radical (unpaired) electrons. The Balaban J connectivity index is 1.64. The molecule has 1 aromatic heterocycles. The second kappa shape index (κ2) is 10.7. The molecule has 166 valence electrons. The highest BCUT2D eigenvalue weighted by Crippen LogP contribution is 2.38. The molecule has 1 aromatic carbocycles. The van der Waals surface area contributed by atoms with Gasteiger partial charge in [0.1, 0.15) is 10.8 Å². The van der Waals surface area contributed by atoms with Crippen molar-refractivity contribution in [1.82, 2.24) is 5.32 Å². The topological polar surface area (TPSA) is 76.7 Å². The predicted octanol–water partition coefficient (Wildman–Crippen LogP) is 4.82. The number of anilines is 1. The Labute approximate surface area is 192 Å². The van der Waals surface area contributed by atoms with E-state index in [-0.39, 0.29) is 29.5 Å². The summed E-state index contributed by atoms with van der Waals surface area (Å²) in [5.74, 6) is 0.248. The molecule has 0 aliphatic heterocycles. The van der Waals surface area contributed by atoms with Gasteiger partial charge in [0.2, 0.25) is 0 Å². The van der Waals surface area contributed by atoms with Crippen molar-refractivity contribution in [2.24, 2.45) is 0 Å². The second-order valence-electron chi connectivity index (χ2n) is 7.62. The van der Waals surface area contributed by atoms with Crippen molar-refractivity contribution in [1.29, 1.82) is 0 Å². The highest BCUT2D eigenvalue weighted by Gasteiger charge is 2.27. The van der Waals surface area contributed by atoms with Crippen LogP contribution in [0.3, 0.4) is 0 Å². The third kappa shape index (κ3) is 5.83. The predicted molar refractivity (Wildman–Crippen MR) is 127 cm³/mol. The minimum absolute atomic E-state index is 0.134. The number of hydrogen-bond acceptors (Lipinski definition) is 6. The van der Waals surface area contributed by atoms with Crippen molar-refractivity contribution in [3.05, 3.63) is 45.8 Å². The number of ether oxygens (including phenoxy) is 2. The zero-order chi connectivity index (χ0) is 22.4. The molecule has 0 bridgehead atoms. The number of carbonyl (C=O) groups excluding carboxylic acids is 2. The van der Waals surface area contributed by atoms with E-state index in [4.69, 9.17) is 21.7 Å². The minimum Gasteiger partial charge on any atom is -0.483 e. The van der Waals surface area contributed by atoms with Gasteiger partial charge in [-0.25, -0.2) is 4.79 Å². The molecular weight excluding hydrogens is 432 g/mol. The van der Waals surface area contributed by atoms with E-state index >= 15 is 0 Å². The number of aryl methyl sites for hydroxylation is 1. The summed E-state index contributed by atoms with van der Waals surface area (Å²) in [6.07, 6.45) is 3.94. The zero-order valence-corrected chi connectivity index (χ0v) is 19.7. The van der Waals surface area contributed by atoms with Crippen LogP contribution in [-0.2, 0) is 22.4 Å². The van der Waals surface area contributed by atoms with E-state index in [0.717, 1.165) is 36.8 Å². The van der Waals surface area contributed by atoms with Gasteiger partial charge in [-0.3, -0.25) is 10.1 Å². The zero-order valence-electron chi connectivity index (χ0n) is 18.1. The normalized spacial score (nSPS) is 12.8. The number of nitrogens with one attached hydrogen (secondary N) is 2. The Kier molecular flexibility index (Phi) is 8.03. The Morgan fingerprint density at radius 3 is 2.68 bits per heavy atom. The van der Waals surface area contributed by atoms with Gasteiger partial charge in [0, 0.05) is 4.88 Å². The average molecular weight is 461 g/mol. The summed E-state index contributed by atoms with van der Waals surface area (Å²) in [5.41, 5.74) is 2.62. The number of fused-ring (bicyclic) bond motifs is 1. The van der Waals surface area contributed by atoms with E-state index in [1.165, 1.54) is 16.2 Å². The van der Waals surface area contributed by atoms with Gasteiger partial charge in [0.05, 0.1) is 12.2 Å². The summed E-state index contributed by atoms with van der Waals surface area (Å²) in [6.45, 7) is 6.08. The van der Waals surface area contributed by atoms with Crippen LogP contribution < -0.4 is 15.4 Å². The van der Waals surface area contributed by atoms with Crippen molar-refractivity contribution in [3.63, 3.8) is 0 Å². The number of carbonyl (C=O) groups is 2. The molecule has 3 rings (SSSR count). The number of rotatable bonds is 7. The maximum Gasteiger partial charge on any atom is 0.341 e. The van der Waals surface area contributed by atoms with E-state index in [1.54, 1.807) is 6.92 Å². The molecule has 0 fully saturated rings. The lowest BCUT2D eigenvalue weighted by Gasteiger charge is -2.14. The highest BCUT2D eigenvalue weighted by atomic mass is 32.1. The first-order valence-corrected chi connectivity index (χ1v) is 11.8. The molecule has 1 heterocycles. The molecule has 1 aliphatic carbocycles. The quantitative estimate of drug-likeness (QED) is 0.456. The summed E-state index contributed by atoms with van der Waals surface area (Å²) in [7, 11) is 0. The SMILES string of the molecule is CCOC(=O)c1c(NC(=S)NC(=O)COc2ccccc2C(C)C)sc2c1CCCC2. The lowest BCUT2D eigenvalue weighted by atomic mass is 9.95. The lowest BCUT2D eigenvalue weighted by molar-refractivity contribution is -0.121. The van der Waals surface area contributed by atoms with Gasteiger partial charge in [-0.15, -0.1) is 11.3 Å². The Hall–Kier alpha value is -2.45. The van der Waals surface area contributed by atoms with Crippen LogP contribution in [0.25, 0.3) is 0 Å². The van der Waals surface area contributed by atoms with Crippen molar-refractivity contribution in [3.8, 4) is 5.75 Å². The van der Waals surface area contributed by atoms with Gasteiger partial charge in [0.25, 0.3) is 5.91 Å². The van der Waals surface area contributed by atoms with Crippen molar-refractivity contribution >= 4 is 45.5 Å². The van der Waals surface area contributed by atoms with Gasteiger partial charge >= 0.3 is 5.97 Å². The number of amides is 1. The largest absolute Gasteiger partial charge is 0.483 e. The van der Waals surface area contributed by atoms with Crippen LogP contribution in [0.5, 0.6) is 5.75 Å². The molecular formula is C23H28N2O4S2. The van der Waals surface area contributed by atoms with E-state index < -0.39 is 0 Å². The van der Waals surface area contributed by atoms with Crippen LogP contribution in [0.15, 0.2) is 24.3 Å². The Bertz CT molecular complexity index is 968. The molecule has 8 heteroatoms. The Morgan fingerprint density at radius 1 is 1.19 bits per heavy atom. The lowest BCUT2D eigenvalue weighted by Crippen LogP contribution is -2.37. The third-order valence-corrected chi connectivity index (χ3v) is 6.44. The molecule has 0 unspecified atom stereocenters. The number of hydrogen-bond donors (Lipinski definition) is 2. The van der Waals surface area contributed by atoms with Crippen molar-refractivity contribution < 1.29 is 19.1 Å². The van der Waals surface area contributed by atoms with Crippen LogP contribution >= 0.6 is 23.6 Å². The van der Waals surface area contributed by atoms with Crippen LogP contribution in [0.1, 0.15) is 65.9 Å². The number of para-hydroxylation sites is 1. The summed E-state index contributed by atoms with van der Waals surface area (Å²) in [6, 6.07) is 7.66. The number of benzene rings is 1. The van der Waals surface area contributed by atoms with Gasteiger partial charge < -0.3 is 14.8 Å². The van der Waals surface area contributed by atoms with Crippen LogP contribution in [0.4, 0.5) is 5.00 Å². The molecule has 6 nitrogen and oxygen atoms in total. The summed E-state index contributed by atoms with van der Waals surface area (Å²) < 4.78 is 11.0. The maximum absolute atomic E-state index is 12.5. The first kappa shape index (κ1) is 23.2. The molecule has 2 N–H and O–H groups in total. The highest BCUT2D eigenvalue weighted by molar-refractivity contribution is 7.80. The van der Waals surface area contributed by atoms with Gasteiger partial charge in [-0.1, -0.05) is 32.0 Å². The molecule has 31 heavy (non-hydrogen) atoms. The molecule has 0 saturated carbocycles. The molecule has 0 atom stereocenters. The first-order chi connectivity index (χ1) is 14.9. The molecule has 1 aliphatic rings. The van der Waals surface area contributed by atoms with Gasteiger partial charge in [-0.05, 0) is 67.9 Å². The van der Waals surface area contributed by atoms with Crippen LogP contribution in [0.2, 0.25) is 0 Å². The standard InChI is InChI=1S/C23H28N2O4S2/c1-4-28-22(27)20-16-10-6-8-12-18(16)31-21(20)25-23(30)24-19(26)13-29-17-11-7-5-9-15(17)14(2)3/h5,7,9,11,14H,4,6,8,10,12-13H2,1-3H3,(H2,24,25,26,30). The summed E-state index contributed by atoms with van der Waals surface area (Å²) in [5, 5.41) is 6.42. The average Bonchev–Trinajstić information content (AvgIpc) is 3.10. The van der Waals surface area contributed by atoms with Gasteiger partial charge in [-0.2, -0.15) is 0 Å². The molecule has 0 saturated heterocycles. The second-order valence-corrected chi connectivity index (χ2v) is 9.13. The minimum atomic E-state index is -0.366. The molecule has 1 amide bonds. The fourth-order valence-electron chi connectivity index (χ4n) is 3.60. The van der Waals surface area contributed by atoms with Crippen molar-refractivity contribution in [2.75, 3.05) is 18.5 Å². The van der Waals surface area contributed by atoms with E-state index in [2.05, 4.69) is 24.5 Å². The summed E-state index contributed by atoms with van der Waals surface area (Å²) in [4.78, 5) is 26.1. The van der Waals surface area contributed by atoms with E-state index in [1.807, 2.05) is 24.3 Å². The van der Waals surface area contributed by atoms with Crippen molar-refractivity contribution in [2.45, 2.75) is 52.4 Å². The van der Waals surface area contributed by atoms with E-state index in [0.29, 0.717) is 22.9 Å². The fourth-order valence-corrected chi connectivity index (χ4v) is 5.16. The van der Waals surface area contributed by atoms with Crippen LogP contribution in [0, 0.1) is 0 Å². The number of esters is 1. The monoisotopic (exact) mass is 460 g/mol. The van der Waals surface area contributed by atoms with Crippen LogP contribution in [-0.4, -0.2) is 30.2 Å². The smallest absolute Gasteiger partial charge is 0.341 e. The van der Waals surface area contributed by atoms with Gasteiger partial charge in [0.15, 0.2) is 11.7 Å². The molecule has 0 spiro atoms. The number of thiophene rings is 1. The molecule has 2 aromatic rings. The first-order valence-electron chi connectivity index (χ1n) is 10.5. The third-order valence-electron chi connectivity index (χ3n) is 5.03.